The summed E-state index contributed by atoms with van der Waals surface area (Å²) in [6.07, 6.45) is 11.5. The molecule has 20 heavy (non-hydrogen) atoms. The number of rotatable bonds is 1. The van der Waals surface area contributed by atoms with Gasteiger partial charge in [0.15, 0.2) is 0 Å². The zero-order valence-electron chi connectivity index (χ0n) is 13.0. The van der Waals surface area contributed by atoms with Gasteiger partial charge >= 0.3 is 0 Å². The quantitative estimate of drug-likeness (QED) is 0.773. The molecule has 1 aromatic rings. The topological polar surface area (TPSA) is 12.0 Å². The number of hydrogen-bond acceptors (Lipinski definition) is 1. The van der Waals surface area contributed by atoms with Gasteiger partial charge in [0.1, 0.15) is 0 Å². The number of benzene rings is 1. The first-order chi connectivity index (χ1) is 9.80. The summed E-state index contributed by atoms with van der Waals surface area (Å²) in [6.45, 7) is 4.60. The molecule has 1 aliphatic heterocycles. The van der Waals surface area contributed by atoms with E-state index in [-0.39, 0.29) is 0 Å². The fourth-order valence-corrected chi connectivity index (χ4v) is 4.45. The minimum Gasteiger partial charge on any atom is -0.316 e. The number of hydrogen-bond donors (Lipinski definition) is 1. The third-order valence-electron chi connectivity index (χ3n) is 5.72. The molecule has 1 heteroatoms. The van der Waals surface area contributed by atoms with Crippen molar-refractivity contribution in [3.63, 3.8) is 0 Å². The molecule has 110 valence electrons. The Morgan fingerprint density at radius 1 is 0.900 bits per heavy atom. The van der Waals surface area contributed by atoms with E-state index in [2.05, 4.69) is 36.5 Å². The Hall–Kier alpha value is -0.820. The van der Waals surface area contributed by atoms with Crippen LogP contribution in [0.25, 0.3) is 0 Å². The molecule has 0 bridgehead atoms. The third kappa shape index (κ3) is 2.93. The summed E-state index contributed by atoms with van der Waals surface area (Å²) < 4.78 is 0. The van der Waals surface area contributed by atoms with Crippen molar-refractivity contribution < 1.29 is 0 Å². The maximum Gasteiger partial charge on any atom is 0.00255 e. The Balaban J connectivity index is 1.86. The predicted octanol–water partition coefficient (Wildman–Crippen LogP) is 4.80. The molecule has 1 heterocycles. The maximum atomic E-state index is 3.66. The molecule has 1 N–H and O–H groups in total. The van der Waals surface area contributed by atoms with E-state index in [1.807, 2.05) is 0 Å². The van der Waals surface area contributed by atoms with Crippen LogP contribution in [0.1, 0.15) is 68.4 Å². The highest BCUT2D eigenvalue weighted by atomic mass is 14.9. The van der Waals surface area contributed by atoms with Crippen LogP contribution in [0.4, 0.5) is 0 Å². The largest absolute Gasteiger partial charge is 0.316 e. The summed E-state index contributed by atoms with van der Waals surface area (Å²) in [4.78, 5) is 0. The monoisotopic (exact) mass is 271 g/mol. The second-order valence-electron chi connectivity index (χ2n) is 7.05. The van der Waals surface area contributed by atoms with Crippen molar-refractivity contribution in [2.45, 2.75) is 64.2 Å². The summed E-state index contributed by atoms with van der Waals surface area (Å²) in [7, 11) is 0. The third-order valence-corrected chi connectivity index (χ3v) is 5.72. The summed E-state index contributed by atoms with van der Waals surface area (Å²) in [5.41, 5.74) is 3.54. The Bertz CT molecular complexity index is 412. The number of piperidine rings is 1. The van der Waals surface area contributed by atoms with Crippen LogP contribution >= 0.6 is 0 Å². The van der Waals surface area contributed by atoms with Crippen LogP contribution in [-0.4, -0.2) is 13.1 Å². The second-order valence-corrected chi connectivity index (χ2v) is 7.05. The van der Waals surface area contributed by atoms with Gasteiger partial charge in [-0.05, 0) is 43.7 Å². The first-order valence-corrected chi connectivity index (χ1v) is 8.57. The van der Waals surface area contributed by atoms with Gasteiger partial charge in [0.2, 0.25) is 0 Å². The second kappa shape index (κ2) is 6.30. The van der Waals surface area contributed by atoms with E-state index >= 15 is 0 Å². The average molecular weight is 271 g/mol. The Morgan fingerprint density at radius 3 is 2.25 bits per heavy atom. The molecule has 0 aromatic heterocycles. The molecule has 1 saturated carbocycles. The summed E-state index contributed by atoms with van der Waals surface area (Å²) in [6, 6.07) is 9.35. The van der Waals surface area contributed by atoms with Crippen molar-refractivity contribution in [2.75, 3.05) is 13.1 Å². The molecule has 0 amide bonds. The van der Waals surface area contributed by atoms with Crippen LogP contribution in [0, 0.1) is 12.3 Å². The van der Waals surface area contributed by atoms with Crippen molar-refractivity contribution >= 4 is 0 Å². The molecule has 1 nitrogen and oxygen atoms in total. The highest BCUT2D eigenvalue weighted by Crippen LogP contribution is 2.49. The molecule has 1 aromatic carbocycles. The lowest BCUT2D eigenvalue weighted by Gasteiger charge is -2.46. The zero-order chi connectivity index (χ0) is 13.8. The average Bonchev–Trinajstić information content (AvgIpc) is 2.45. The van der Waals surface area contributed by atoms with E-state index in [9.17, 15) is 0 Å². The summed E-state index contributed by atoms with van der Waals surface area (Å²) in [5, 5.41) is 3.66. The molecule has 1 aliphatic carbocycles. The lowest BCUT2D eigenvalue weighted by molar-refractivity contribution is 0.117. The molecule has 3 rings (SSSR count). The number of nitrogens with one attached hydrogen (secondary N) is 1. The molecule has 1 spiro atoms. The van der Waals surface area contributed by atoms with Crippen molar-refractivity contribution in [1.29, 1.82) is 0 Å². The van der Waals surface area contributed by atoms with Gasteiger partial charge in [0.25, 0.3) is 0 Å². The molecule has 0 radical (unpaired) electrons. The SMILES string of the molecule is Cc1ccc(C2CNCCC23CCCCCCC3)cc1. The maximum absolute atomic E-state index is 3.66. The minimum atomic E-state index is 0.584. The van der Waals surface area contributed by atoms with Gasteiger partial charge in [0, 0.05) is 12.5 Å². The van der Waals surface area contributed by atoms with E-state index < -0.39 is 0 Å². The molecular formula is C19H29N. The minimum absolute atomic E-state index is 0.584. The van der Waals surface area contributed by atoms with E-state index in [1.165, 1.54) is 70.0 Å². The molecule has 2 fully saturated rings. The normalized spacial score (nSPS) is 26.9. The standard InChI is InChI=1S/C19H29N/c1-16-7-9-17(10-8-16)18-15-20-14-13-19(18)11-5-3-2-4-6-12-19/h7-10,18,20H,2-6,11-15H2,1H3. The lowest BCUT2D eigenvalue weighted by atomic mass is 9.62. The van der Waals surface area contributed by atoms with Crippen LogP contribution in [-0.2, 0) is 0 Å². The Morgan fingerprint density at radius 2 is 1.55 bits per heavy atom. The van der Waals surface area contributed by atoms with E-state index in [1.54, 1.807) is 5.56 Å². The van der Waals surface area contributed by atoms with Crippen LogP contribution < -0.4 is 5.32 Å². The smallest absolute Gasteiger partial charge is 0.00255 e. The van der Waals surface area contributed by atoms with Crippen LogP contribution in [0.15, 0.2) is 24.3 Å². The van der Waals surface area contributed by atoms with Crippen molar-refractivity contribution in [3.05, 3.63) is 35.4 Å². The molecule has 1 atom stereocenters. The highest BCUT2D eigenvalue weighted by Gasteiger charge is 2.40. The fourth-order valence-electron chi connectivity index (χ4n) is 4.45. The first-order valence-electron chi connectivity index (χ1n) is 8.57. The number of aryl methyl sites for hydroxylation is 1. The van der Waals surface area contributed by atoms with Gasteiger partial charge in [-0.25, -0.2) is 0 Å². The van der Waals surface area contributed by atoms with Gasteiger partial charge in [0.05, 0.1) is 0 Å². The highest BCUT2D eigenvalue weighted by molar-refractivity contribution is 5.27. The van der Waals surface area contributed by atoms with Crippen molar-refractivity contribution in [1.82, 2.24) is 5.32 Å². The molecule has 1 saturated heterocycles. The van der Waals surface area contributed by atoms with E-state index in [0.29, 0.717) is 5.41 Å². The summed E-state index contributed by atoms with van der Waals surface area (Å²) in [5.74, 6) is 0.731. The van der Waals surface area contributed by atoms with Gasteiger partial charge < -0.3 is 5.32 Å². The van der Waals surface area contributed by atoms with Crippen molar-refractivity contribution in [3.8, 4) is 0 Å². The first kappa shape index (κ1) is 14.1. The van der Waals surface area contributed by atoms with Gasteiger partial charge in [-0.2, -0.15) is 0 Å². The zero-order valence-corrected chi connectivity index (χ0v) is 13.0. The fraction of sp³-hybridized carbons (Fsp3) is 0.684. The van der Waals surface area contributed by atoms with Gasteiger partial charge in [-0.3, -0.25) is 0 Å². The lowest BCUT2D eigenvalue weighted by Crippen LogP contribution is -2.44. The van der Waals surface area contributed by atoms with Crippen LogP contribution in [0.5, 0.6) is 0 Å². The predicted molar refractivity (Wildman–Crippen MR) is 86.2 cm³/mol. The molecule has 1 unspecified atom stereocenters. The van der Waals surface area contributed by atoms with Gasteiger partial charge in [-0.15, -0.1) is 0 Å². The summed E-state index contributed by atoms with van der Waals surface area (Å²) >= 11 is 0. The van der Waals surface area contributed by atoms with E-state index in [4.69, 9.17) is 0 Å². The van der Waals surface area contributed by atoms with Crippen molar-refractivity contribution in [2.24, 2.45) is 5.41 Å². The molecule has 2 aliphatic rings. The Labute approximate surface area is 124 Å². The van der Waals surface area contributed by atoms with E-state index in [0.717, 1.165) is 5.92 Å². The Kier molecular flexibility index (Phi) is 4.45. The van der Waals surface area contributed by atoms with Gasteiger partial charge in [-0.1, -0.05) is 61.9 Å². The molecular weight excluding hydrogens is 242 g/mol. The van der Waals surface area contributed by atoms with Crippen LogP contribution in [0.3, 0.4) is 0 Å². The van der Waals surface area contributed by atoms with Crippen LogP contribution in [0.2, 0.25) is 0 Å².